The minimum absolute atomic E-state index is 0.0887. The lowest BCUT2D eigenvalue weighted by Crippen LogP contribution is -2.43. The van der Waals surface area contributed by atoms with Crippen molar-refractivity contribution in [1.82, 2.24) is 15.6 Å². The number of pyridine rings is 1. The van der Waals surface area contributed by atoms with E-state index in [1.807, 2.05) is 20.8 Å². The van der Waals surface area contributed by atoms with Crippen molar-refractivity contribution in [2.75, 3.05) is 13.2 Å². The van der Waals surface area contributed by atoms with E-state index in [0.717, 1.165) is 0 Å². The summed E-state index contributed by atoms with van der Waals surface area (Å²) in [6.45, 7) is 4.66. The monoisotopic (exact) mass is 327 g/mol. The van der Waals surface area contributed by atoms with Crippen LogP contribution >= 0.6 is 11.6 Å². The van der Waals surface area contributed by atoms with E-state index in [2.05, 4.69) is 15.6 Å². The van der Waals surface area contributed by atoms with Crippen LogP contribution in [0, 0.1) is 0 Å². The zero-order valence-electron chi connectivity index (χ0n) is 12.6. The van der Waals surface area contributed by atoms with Crippen LogP contribution in [0.4, 0.5) is 0 Å². The summed E-state index contributed by atoms with van der Waals surface area (Å²) in [7, 11) is 0. The molecule has 0 saturated carbocycles. The van der Waals surface area contributed by atoms with Crippen molar-refractivity contribution in [1.29, 1.82) is 0 Å². The molecule has 0 aliphatic heterocycles. The lowest BCUT2D eigenvalue weighted by molar-refractivity contribution is -0.147. The third-order valence-electron chi connectivity index (χ3n) is 2.23. The average molecular weight is 328 g/mol. The van der Waals surface area contributed by atoms with Gasteiger partial charge in [-0.05, 0) is 32.9 Å². The molecule has 1 rings (SSSR count). The van der Waals surface area contributed by atoms with E-state index >= 15 is 0 Å². The maximum atomic E-state index is 11.7. The molecule has 0 aromatic carbocycles. The SMILES string of the molecule is CC(C)(C)NC(=O)COC(=O)CNC(=O)c1cc(Cl)ccn1. The van der Waals surface area contributed by atoms with Crippen LogP contribution in [0.25, 0.3) is 0 Å². The van der Waals surface area contributed by atoms with Crippen molar-refractivity contribution in [3.63, 3.8) is 0 Å². The minimum atomic E-state index is -0.723. The first-order valence-electron chi connectivity index (χ1n) is 6.54. The standard InChI is InChI=1S/C14H18ClN3O4/c1-14(2,3)18-11(19)8-22-12(20)7-17-13(21)10-6-9(15)4-5-16-10/h4-6H,7-8H2,1-3H3,(H,17,21)(H,18,19). The van der Waals surface area contributed by atoms with Crippen molar-refractivity contribution >= 4 is 29.4 Å². The molecule has 0 fully saturated rings. The van der Waals surface area contributed by atoms with Crippen LogP contribution in [0.15, 0.2) is 18.3 Å². The Bertz CT molecular complexity index is 569. The number of carbonyl (C=O) groups is 3. The van der Waals surface area contributed by atoms with Crippen molar-refractivity contribution < 1.29 is 19.1 Å². The molecule has 0 saturated heterocycles. The zero-order valence-corrected chi connectivity index (χ0v) is 13.4. The highest BCUT2D eigenvalue weighted by Crippen LogP contribution is 2.07. The number of hydrogen-bond donors (Lipinski definition) is 2. The van der Waals surface area contributed by atoms with Crippen LogP contribution < -0.4 is 10.6 Å². The topological polar surface area (TPSA) is 97.4 Å². The summed E-state index contributed by atoms with van der Waals surface area (Å²) in [6, 6.07) is 2.90. The van der Waals surface area contributed by atoms with Crippen molar-refractivity contribution in [2.45, 2.75) is 26.3 Å². The molecular formula is C14H18ClN3O4. The van der Waals surface area contributed by atoms with Gasteiger partial charge in [0.05, 0.1) is 0 Å². The summed E-state index contributed by atoms with van der Waals surface area (Å²) in [5, 5.41) is 5.34. The van der Waals surface area contributed by atoms with Gasteiger partial charge in [0.15, 0.2) is 6.61 Å². The van der Waals surface area contributed by atoms with Crippen LogP contribution in [0.2, 0.25) is 5.02 Å². The largest absolute Gasteiger partial charge is 0.454 e. The van der Waals surface area contributed by atoms with Crippen LogP contribution in [0.3, 0.4) is 0 Å². The lowest BCUT2D eigenvalue weighted by atomic mass is 10.1. The first-order valence-corrected chi connectivity index (χ1v) is 6.91. The number of hydrogen-bond acceptors (Lipinski definition) is 5. The third-order valence-corrected chi connectivity index (χ3v) is 2.46. The van der Waals surface area contributed by atoms with Gasteiger partial charge in [-0.15, -0.1) is 0 Å². The quantitative estimate of drug-likeness (QED) is 0.784. The number of ether oxygens (including phenoxy) is 1. The van der Waals surface area contributed by atoms with Crippen LogP contribution in [0.1, 0.15) is 31.3 Å². The molecule has 7 nitrogen and oxygen atoms in total. The Morgan fingerprint density at radius 1 is 1.32 bits per heavy atom. The average Bonchev–Trinajstić information content (AvgIpc) is 2.40. The second-order valence-electron chi connectivity index (χ2n) is 5.50. The predicted octanol–water partition coefficient (Wildman–Crippen LogP) is 0.923. The fourth-order valence-electron chi connectivity index (χ4n) is 1.42. The highest BCUT2D eigenvalue weighted by atomic mass is 35.5. The second kappa shape index (κ2) is 7.74. The summed E-state index contributed by atoms with van der Waals surface area (Å²) < 4.78 is 4.75. The minimum Gasteiger partial charge on any atom is -0.454 e. The number of esters is 1. The molecule has 2 amide bonds. The number of rotatable bonds is 5. The molecule has 0 spiro atoms. The van der Waals surface area contributed by atoms with Gasteiger partial charge in [-0.2, -0.15) is 0 Å². The van der Waals surface area contributed by atoms with Crippen LogP contribution in [-0.4, -0.2) is 41.5 Å². The van der Waals surface area contributed by atoms with E-state index in [0.29, 0.717) is 5.02 Å². The van der Waals surface area contributed by atoms with Gasteiger partial charge in [-0.1, -0.05) is 11.6 Å². The smallest absolute Gasteiger partial charge is 0.325 e. The molecule has 1 aromatic heterocycles. The molecule has 0 atom stereocenters. The van der Waals surface area contributed by atoms with Gasteiger partial charge in [0.2, 0.25) is 0 Å². The number of amides is 2. The molecule has 22 heavy (non-hydrogen) atoms. The highest BCUT2D eigenvalue weighted by molar-refractivity contribution is 6.30. The lowest BCUT2D eigenvalue weighted by Gasteiger charge is -2.20. The maximum Gasteiger partial charge on any atom is 0.325 e. The van der Waals surface area contributed by atoms with E-state index in [1.165, 1.54) is 18.3 Å². The Kier molecular flexibility index (Phi) is 6.30. The molecule has 8 heteroatoms. The van der Waals surface area contributed by atoms with Crippen molar-refractivity contribution in [3.05, 3.63) is 29.0 Å². The van der Waals surface area contributed by atoms with Crippen molar-refractivity contribution in [3.8, 4) is 0 Å². The fourth-order valence-corrected chi connectivity index (χ4v) is 1.58. The van der Waals surface area contributed by atoms with Crippen molar-refractivity contribution in [2.24, 2.45) is 0 Å². The number of nitrogens with zero attached hydrogens (tertiary/aromatic N) is 1. The zero-order chi connectivity index (χ0) is 16.8. The molecule has 0 bridgehead atoms. The Morgan fingerprint density at radius 3 is 2.59 bits per heavy atom. The number of carbonyl (C=O) groups excluding carboxylic acids is 3. The van der Waals surface area contributed by atoms with E-state index in [1.54, 1.807) is 0 Å². The van der Waals surface area contributed by atoms with Gasteiger partial charge in [-0.3, -0.25) is 19.4 Å². The number of nitrogens with one attached hydrogen (secondary N) is 2. The summed E-state index contributed by atoms with van der Waals surface area (Å²) in [6.07, 6.45) is 1.38. The normalized spacial score (nSPS) is 10.7. The van der Waals surface area contributed by atoms with Gasteiger partial charge in [0.25, 0.3) is 11.8 Å². The Morgan fingerprint density at radius 2 is 2.00 bits per heavy atom. The van der Waals surface area contributed by atoms with Gasteiger partial charge < -0.3 is 15.4 Å². The van der Waals surface area contributed by atoms with Gasteiger partial charge in [-0.25, -0.2) is 0 Å². The Balaban J connectivity index is 2.34. The summed E-state index contributed by atoms with van der Waals surface area (Å²) in [4.78, 5) is 38.4. The molecule has 0 aliphatic rings. The highest BCUT2D eigenvalue weighted by Gasteiger charge is 2.16. The molecule has 120 valence electrons. The molecule has 0 radical (unpaired) electrons. The molecule has 2 N–H and O–H groups in total. The summed E-state index contributed by atoms with van der Waals surface area (Å²) in [5.41, 5.74) is -0.318. The molecule has 0 aliphatic carbocycles. The Labute approximate surface area is 133 Å². The number of halogens is 1. The van der Waals surface area contributed by atoms with E-state index in [4.69, 9.17) is 16.3 Å². The second-order valence-corrected chi connectivity index (χ2v) is 5.94. The summed E-state index contributed by atoms with van der Waals surface area (Å²) >= 11 is 5.73. The first-order chi connectivity index (χ1) is 10.2. The van der Waals surface area contributed by atoms with Gasteiger partial charge in [0.1, 0.15) is 12.2 Å². The molecule has 1 aromatic rings. The molecular weight excluding hydrogens is 310 g/mol. The molecule has 0 unspecified atom stereocenters. The predicted molar refractivity (Wildman–Crippen MR) is 80.4 cm³/mol. The Hall–Kier alpha value is -2.15. The van der Waals surface area contributed by atoms with Gasteiger partial charge in [0, 0.05) is 16.8 Å². The maximum absolute atomic E-state index is 11.7. The van der Waals surface area contributed by atoms with Crippen LogP contribution in [0.5, 0.6) is 0 Å². The number of aromatic nitrogens is 1. The fraction of sp³-hybridized carbons (Fsp3) is 0.429. The van der Waals surface area contributed by atoms with E-state index in [-0.39, 0.29) is 12.2 Å². The third kappa shape index (κ3) is 7.03. The van der Waals surface area contributed by atoms with E-state index < -0.39 is 29.9 Å². The van der Waals surface area contributed by atoms with E-state index in [9.17, 15) is 14.4 Å². The van der Waals surface area contributed by atoms with Crippen LogP contribution in [-0.2, 0) is 14.3 Å². The molecule has 1 heterocycles. The van der Waals surface area contributed by atoms with Gasteiger partial charge >= 0.3 is 5.97 Å². The first kappa shape index (κ1) is 17.9. The summed E-state index contributed by atoms with van der Waals surface area (Å²) in [5.74, 6) is -1.69.